The van der Waals surface area contributed by atoms with Crippen LogP contribution in [0.4, 0.5) is 13.2 Å². The van der Waals surface area contributed by atoms with Gasteiger partial charge in [0.15, 0.2) is 0 Å². The second-order valence-corrected chi connectivity index (χ2v) is 9.08. The predicted molar refractivity (Wildman–Crippen MR) is 112 cm³/mol. The summed E-state index contributed by atoms with van der Waals surface area (Å²) in [4.78, 5) is 25.1. The van der Waals surface area contributed by atoms with Crippen molar-refractivity contribution in [2.45, 2.75) is 69.2 Å². The molecule has 2 aliphatic rings. The zero-order valence-electron chi connectivity index (χ0n) is 18.7. The highest BCUT2D eigenvalue weighted by Crippen LogP contribution is 2.56. The number of alkyl halides is 3. The topological polar surface area (TPSA) is 78.9 Å². The summed E-state index contributed by atoms with van der Waals surface area (Å²) in [7, 11) is 1.54. The number of aliphatic hydroxyl groups is 1. The minimum Gasteiger partial charge on any atom is -0.497 e. The quantitative estimate of drug-likeness (QED) is 0.644. The molecular formula is C23H31F3N2O4. The van der Waals surface area contributed by atoms with Crippen molar-refractivity contribution in [2.75, 3.05) is 20.2 Å². The van der Waals surface area contributed by atoms with Crippen LogP contribution in [-0.2, 0) is 15.0 Å². The Morgan fingerprint density at radius 1 is 1.38 bits per heavy atom. The first-order chi connectivity index (χ1) is 15.0. The van der Waals surface area contributed by atoms with Gasteiger partial charge in [0.1, 0.15) is 5.75 Å². The van der Waals surface area contributed by atoms with Crippen molar-refractivity contribution >= 4 is 12.3 Å². The summed E-state index contributed by atoms with van der Waals surface area (Å²) in [5, 5.41) is 14.3. The summed E-state index contributed by atoms with van der Waals surface area (Å²) in [6.07, 6.45) is -3.58. The van der Waals surface area contributed by atoms with Gasteiger partial charge in [-0.05, 0) is 69.3 Å². The summed E-state index contributed by atoms with van der Waals surface area (Å²) < 4.78 is 44.0. The van der Waals surface area contributed by atoms with E-state index in [1.54, 1.807) is 18.9 Å². The maximum Gasteiger partial charge on any atom is 0.390 e. The molecule has 4 unspecified atom stereocenters. The molecule has 178 valence electrons. The van der Waals surface area contributed by atoms with Crippen LogP contribution >= 0.6 is 0 Å². The van der Waals surface area contributed by atoms with Gasteiger partial charge in [-0.25, -0.2) is 0 Å². The van der Waals surface area contributed by atoms with Gasteiger partial charge in [0.05, 0.1) is 19.1 Å². The number of halogens is 3. The highest BCUT2D eigenvalue weighted by atomic mass is 19.4. The first-order valence-corrected chi connectivity index (χ1v) is 10.9. The molecule has 1 aliphatic carbocycles. The first kappa shape index (κ1) is 24.5. The van der Waals surface area contributed by atoms with Crippen molar-refractivity contribution in [1.82, 2.24) is 10.2 Å². The fourth-order valence-electron chi connectivity index (χ4n) is 5.79. The number of amides is 2. The number of imide groups is 1. The molecule has 0 radical (unpaired) electrons. The average molecular weight is 457 g/mol. The van der Waals surface area contributed by atoms with E-state index in [4.69, 9.17) is 4.74 Å². The molecule has 1 aromatic rings. The van der Waals surface area contributed by atoms with Gasteiger partial charge in [0, 0.05) is 23.9 Å². The summed E-state index contributed by atoms with van der Waals surface area (Å²) in [6.45, 7) is 3.86. The molecule has 1 aliphatic heterocycles. The number of nitrogens with zero attached hydrogens (tertiary/aromatic N) is 1. The number of carbonyl (C=O) groups is 2. The molecule has 1 heterocycles. The molecule has 9 heteroatoms. The van der Waals surface area contributed by atoms with Gasteiger partial charge in [-0.15, -0.1) is 0 Å². The summed E-state index contributed by atoms with van der Waals surface area (Å²) in [5.74, 6) is -0.275. The van der Waals surface area contributed by atoms with Crippen molar-refractivity contribution < 1.29 is 32.6 Å². The second kappa shape index (κ2) is 9.02. The molecule has 1 saturated carbocycles. The number of methoxy groups -OCH3 is 1. The van der Waals surface area contributed by atoms with Crippen molar-refractivity contribution in [3.63, 3.8) is 0 Å². The molecule has 2 N–H and O–H groups in total. The van der Waals surface area contributed by atoms with Crippen molar-refractivity contribution in [3.8, 4) is 5.75 Å². The number of nitrogens with one attached hydrogen (secondary N) is 1. The Kier molecular flexibility index (Phi) is 6.91. The number of fused-ring (bicyclic) bond motifs is 1. The van der Waals surface area contributed by atoms with E-state index in [2.05, 4.69) is 5.32 Å². The van der Waals surface area contributed by atoms with Crippen LogP contribution in [0, 0.1) is 12.8 Å². The number of hydrogen-bond acceptors (Lipinski definition) is 5. The number of hydrogen-bond donors (Lipinski definition) is 2. The minimum absolute atomic E-state index is 0.185. The Balaban J connectivity index is 2.05. The number of carbonyl (C=O) groups excluding carboxylic acids is 2. The van der Waals surface area contributed by atoms with Gasteiger partial charge in [0.25, 0.3) is 0 Å². The molecule has 0 aromatic heterocycles. The van der Waals surface area contributed by atoms with E-state index in [0.29, 0.717) is 38.0 Å². The van der Waals surface area contributed by atoms with Gasteiger partial charge in [0.2, 0.25) is 12.3 Å². The van der Waals surface area contributed by atoms with Crippen molar-refractivity contribution in [1.29, 1.82) is 0 Å². The summed E-state index contributed by atoms with van der Waals surface area (Å²) in [5.41, 5.74) is -0.448. The van der Waals surface area contributed by atoms with E-state index >= 15 is 0 Å². The zero-order valence-corrected chi connectivity index (χ0v) is 18.7. The fourth-order valence-corrected chi connectivity index (χ4v) is 5.79. The van der Waals surface area contributed by atoms with Gasteiger partial charge in [-0.2, -0.15) is 13.2 Å². The maximum absolute atomic E-state index is 12.9. The number of rotatable bonds is 6. The Hall–Kier alpha value is -2.13. The van der Waals surface area contributed by atoms with E-state index in [-0.39, 0.29) is 13.0 Å². The monoisotopic (exact) mass is 456 g/mol. The minimum atomic E-state index is -4.27. The summed E-state index contributed by atoms with van der Waals surface area (Å²) in [6, 6.07) is 5.02. The van der Waals surface area contributed by atoms with Crippen LogP contribution in [0.1, 0.15) is 50.2 Å². The predicted octanol–water partition coefficient (Wildman–Crippen LogP) is 3.09. The molecule has 2 amide bonds. The van der Waals surface area contributed by atoms with Crippen molar-refractivity contribution in [3.05, 3.63) is 29.3 Å². The standard InChI is InChI=1S/C23H31F3N2O4/c1-15-4-5-18(32-3)12-19(15)21-8-10-28(11-9-23(24,25)26)16(2)22(21,31)7-6-17(13-21)20(30)27-14-29/h4-5,12,14,16-17,31H,6-11,13H2,1-3H3,(H,27,29,30). The molecule has 1 saturated heterocycles. The Morgan fingerprint density at radius 2 is 2.09 bits per heavy atom. The van der Waals surface area contributed by atoms with Crippen LogP contribution in [0.5, 0.6) is 5.75 Å². The molecule has 0 spiro atoms. The molecule has 4 atom stereocenters. The molecule has 3 rings (SSSR count). The lowest BCUT2D eigenvalue weighted by Gasteiger charge is -2.61. The normalized spacial score (nSPS) is 31.0. The van der Waals surface area contributed by atoms with E-state index in [1.165, 1.54) is 0 Å². The third kappa shape index (κ3) is 4.37. The zero-order chi connectivity index (χ0) is 23.7. The van der Waals surface area contributed by atoms with Crippen LogP contribution in [0.25, 0.3) is 0 Å². The van der Waals surface area contributed by atoms with E-state index in [9.17, 15) is 27.9 Å². The highest BCUT2D eigenvalue weighted by Gasteiger charge is 2.61. The van der Waals surface area contributed by atoms with E-state index < -0.39 is 41.5 Å². The lowest BCUT2D eigenvalue weighted by atomic mass is 9.51. The van der Waals surface area contributed by atoms with E-state index in [0.717, 1.165) is 11.1 Å². The van der Waals surface area contributed by atoms with Gasteiger partial charge >= 0.3 is 6.18 Å². The fraction of sp³-hybridized carbons (Fsp3) is 0.652. The van der Waals surface area contributed by atoms with Crippen molar-refractivity contribution in [2.24, 2.45) is 5.92 Å². The number of ether oxygens (including phenoxy) is 1. The van der Waals surface area contributed by atoms with Crippen LogP contribution < -0.4 is 10.1 Å². The molecule has 6 nitrogen and oxygen atoms in total. The molecule has 2 fully saturated rings. The second-order valence-electron chi connectivity index (χ2n) is 9.08. The third-order valence-corrected chi connectivity index (χ3v) is 7.58. The Morgan fingerprint density at radius 3 is 2.72 bits per heavy atom. The molecular weight excluding hydrogens is 425 g/mol. The maximum atomic E-state index is 12.9. The van der Waals surface area contributed by atoms with Gasteiger partial charge in [-0.1, -0.05) is 6.07 Å². The number of benzene rings is 1. The molecule has 1 aromatic carbocycles. The number of likely N-dealkylation sites (tertiary alicyclic amines) is 1. The Labute approximate surface area is 186 Å². The first-order valence-electron chi connectivity index (χ1n) is 10.9. The highest BCUT2D eigenvalue weighted by molar-refractivity contribution is 5.87. The van der Waals surface area contributed by atoms with Gasteiger partial charge in [-0.3, -0.25) is 19.8 Å². The van der Waals surface area contributed by atoms with Crippen LogP contribution in [-0.4, -0.2) is 60.3 Å². The molecule has 32 heavy (non-hydrogen) atoms. The average Bonchev–Trinajstić information content (AvgIpc) is 2.74. The van der Waals surface area contributed by atoms with Crippen LogP contribution in [0.15, 0.2) is 18.2 Å². The van der Waals surface area contributed by atoms with E-state index in [1.807, 2.05) is 25.1 Å². The third-order valence-electron chi connectivity index (χ3n) is 7.58. The SMILES string of the molecule is COc1ccc(C)c(C23CCN(CCC(F)(F)F)C(C)C2(O)CCC(C(=O)NC=O)C3)c1. The van der Waals surface area contributed by atoms with Gasteiger partial charge < -0.3 is 9.84 Å². The molecule has 0 bridgehead atoms. The summed E-state index contributed by atoms with van der Waals surface area (Å²) >= 11 is 0. The van der Waals surface area contributed by atoms with Crippen LogP contribution in [0.2, 0.25) is 0 Å². The number of piperidine rings is 1. The van der Waals surface area contributed by atoms with Crippen LogP contribution in [0.3, 0.4) is 0 Å². The Bertz CT molecular complexity index is 862. The lowest BCUT2D eigenvalue weighted by Crippen LogP contribution is -2.70. The number of aryl methyl sites for hydroxylation is 1. The smallest absolute Gasteiger partial charge is 0.390 e. The lowest BCUT2D eigenvalue weighted by molar-refractivity contribution is -0.178. The largest absolute Gasteiger partial charge is 0.497 e.